The van der Waals surface area contributed by atoms with Gasteiger partial charge in [0, 0.05) is 32.2 Å². The molecule has 13 heteroatoms. The maximum absolute atomic E-state index is 14.9. The molecule has 0 N–H and O–H groups in total. The molecule has 3 aromatic rings. The second-order valence-electron chi connectivity index (χ2n) is 11.7. The van der Waals surface area contributed by atoms with Crippen LogP contribution in [-0.2, 0) is 23.9 Å². The number of carbonyl (C=O) groups is 1. The fraction of sp³-hybridized carbons (Fsp3) is 0.533. The Labute approximate surface area is 252 Å². The second kappa shape index (κ2) is 11.9. The zero-order chi connectivity index (χ0) is 30.3. The monoisotopic (exact) mass is 620 g/mol. The molecule has 8 nitrogen and oxygen atoms in total. The summed E-state index contributed by atoms with van der Waals surface area (Å²) in [5.41, 5.74) is -0.613. The highest BCUT2D eigenvalue weighted by atomic mass is 35.5. The van der Waals surface area contributed by atoms with Crippen molar-refractivity contribution in [2.24, 2.45) is 17.8 Å². The van der Waals surface area contributed by atoms with Crippen molar-refractivity contribution in [1.29, 1.82) is 0 Å². The number of piperidine rings is 1. The molecule has 6 rings (SSSR count). The highest BCUT2D eigenvalue weighted by Gasteiger charge is 2.43. The van der Waals surface area contributed by atoms with Gasteiger partial charge >= 0.3 is 6.18 Å². The summed E-state index contributed by atoms with van der Waals surface area (Å²) in [6.45, 7) is 4.06. The van der Waals surface area contributed by atoms with Gasteiger partial charge < -0.3 is 19.1 Å². The maximum Gasteiger partial charge on any atom is 0.433 e. The number of aromatic nitrogens is 4. The number of hydrogen-bond donors (Lipinski definition) is 0. The maximum atomic E-state index is 14.9. The van der Waals surface area contributed by atoms with Gasteiger partial charge in [-0.2, -0.15) is 13.2 Å². The number of alkyl halides is 3. The van der Waals surface area contributed by atoms with Crippen LogP contribution in [0.5, 0.6) is 5.75 Å². The molecule has 3 aliphatic rings. The van der Waals surface area contributed by atoms with Gasteiger partial charge in [0.2, 0.25) is 11.9 Å². The molecule has 1 saturated heterocycles. The standard InChI is InChI=1S/C30H33ClF4N6O2/c1-18-28-36-17-26(30(33,34)35)41(28)10-9-40(18)27(42)13-21-2-3-23(14-25(21)32)43-11-6-20-12-24(20)19-4-7-39(8-5-19)29-37-15-22(31)16-38-29/h2-3,14-20,24H,4-13H2,1H3/t18?,20-,24-/m1/s1. The quantitative estimate of drug-likeness (QED) is 0.290. The van der Waals surface area contributed by atoms with E-state index in [1.54, 1.807) is 25.4 Å². The van der Waals surface area contributed by atoms with Gasteiger partial charge in [-0.25, -0.2) is 19.3 Å². The van der Waals surface area contributed by atoms with Crippen LogP contribution in [0.25, 0.3) is 0 Å². The van der Waals surface area contributed by atoms with Gasteiger partial charge in [-0.05, 0) is 62.0 Å². The predicted octanol–water partition coefficient (Wildman–Crippen LogP) is 5.95. The number of imidazole rings is 1. The average Bonchev–Trinajstić information content (AvgIpc) is 3.60. The lowest BCUT2D eigenvalue weighted by atomic mass is 9.90. The molecule has 1 unspecified atom stereocenters. The zero-order valence-corrected chi connectivity index (χ0v) is 24.5. The van der Waals surface area contributed by atoms with Gasteiger partial charge in [-0.15, -0.1) is 0 Å². The van der Waals surface area contributed by atoms with Crippen LogP contribution in [0.1, 0.15) is 55.7 Å². The smallest absolute Gasteiger partial charge is 0.433 e. The molecule has 2 fully saturated rings. The summed E-state index contributed by atoms with van der Waals surface area (Å²) >= 11 is 5.89. The number of benzene rings is 1. The molecule has 3 atom stereocenters. The first-order chi connectivity index (χ1) is 20.6. The van der Waals surface area contributed by atoms with Crippen LogP contribution in [0, 0.1) is 23.6 Å². The van der Waals surface area contributed by atoms with Crippen LogP contribution < -0.4 is 9.64 Å². The van der Waals surface area contributed by atoms with Crippen LogP contribution in [-0.4, -0.2) is 56.6 Å². The highest BCUT2D eigenvalue weighted by molar-refractivity contribution is 6.30. The van der Waals surface area contributed by atoms with E-state index in [9.17, 15) is 22.4 Å². The Balaban J connectivity index is 0.947. The number of hydrogen-bond acceptors (Lipinski definition) is 6. The Kier molecular flexibility index (Phi) is 8.23. The van der Waals surface area contributed by atoms with Gasteiger partial charge in [0.05, 0.1) is 42.7 Å². The Morgan fingerprint density at radius 1 is 1.07 bits per heavy atom. The first kappa shape index (κ1) is 29.7. The number of nitrogens with zero attached hydrogens (tertiary/aromatic N) is 6. The molecule has 1 aromatic carbocycles. The average molecular weight is 621 g/mol. The summed E-state index contributed by atoms with van der Waals surface area (Å²) in [5.74, 6) is 2.38. The number of amides is 1. The molecule has 43 heavy (non-hydrogen) atoms. The lowest BCUT2D eigenvalue weighted by molar-refractivity contribution is -0.144. The van der Waals surface area contributed by atoms with Crippen molar-refractivity contribution in [2.75, 3.05) is 31.1 Å². The minimum atomic E-state index is -4.52. The van der Waals surface area contributed by atoms with Crippen molar-refractivity contribution in [3.63, 3.8) is 0 Å². The molecule has 2 aromatic heterocycles. The molecule has 0 radical (unpaired) electrons. The van der Waals surface area contributed by atoms with E-state index in [0.29, 0.717) is 35.1 Å². The van der Waals surface area contributed by atoms with E-state index in [0.717, 1.165) is 49.1 Å². The molecule has 1 saturated carbocycles. The Hall–Kier alpha value is -3.41. The minimum Gasteiger partial charge on any atom is -0.493 e. The molecule has 4 heterocycles. The zero-order valence-electron chi connectivity index (χ0n) is 23.7. The summed E-state index contributed by atoms with van der Waals surface area (Å²) in [7, 11) is 0. The van der Waals surface area contributed by atoms with Gasteiger partial charge in [0.25, 0.3) is 0 Å². The second-order valence-corrected chi connectivity index (χ2v) is 12.1. The van der Waals surface area contributed by atoms with E-state index in [4.69, 9.17) is 16.3 Å². The summed E-state index contributed by atoms with van der Waals surface area (Å²) in [5, 5.41) is 0.531. The van der Waals surface area contributed by atoms with Crippen molar-refractivity contribution in [1.82, 2.24) is 24.4 Å². The lowest BCUT2D eigenvalue weighted by Crippen LogP contribution is -2.42. The third kappa shape index (κ3) is 6.44. The topological polar surface area (TPSA) is 76.4 Å². The van der Waals surface area contributed by atoms with Crippen LogP contribution in [0.2, 0.25) is 5.02 Å². The number of carbonyl (C=O) groups excluding carboxylic acids is 1. The van der Waals surface area contributed by atoms with Crippen LogP contribution in [0.3, 0.4) is 0 Å². The Morgan fingerprint density at radius 3 is 2.51 bits per heavy atom. The minimum absolute atomic E-state index is 0.0189. The number of halogens is 5. The SMILES string of the molecule is CC1c2ncc(C(F)(F)F)n2CCN1C(=O)Cc1ccc(OCC[C@@H]2C[C@@H]2C2CCN(c3ncc(Cl)cn3)CC2)cc1F. The Bertz CT molecular complexity index is 1460. The third-order valence-electron chi connectivity index (χ3n) is 9.04. The van der Waals surface area contributed by atoms with E-state index >= 15 is 0 Å². The predicted molar refractivity (Wildman–Crippen MR) is 151 cm³/mol. The molecule has 2 aliphatic heterocycles. The van der Waals surface area contributed by atoms with Gasteiger partial charge in [0.1, 0.15) is 23.1 Å². The fourth-order valence-electron chi connectivity index (χ4n) is 6.60. The first-order valence-corrected chi connectivity index (χ1v) is 15.0. The molecule has 1 aliphatic carbocycles. The van der Waals surface area contributed by atoms with Crippen LogP contribution in [0.4, 0.5) is 23.5 Å². The number of fused-ring (bicyclic) bond motifs is 1. The first-order valence-electron chi connectivity index (χ1n) is 14.6. The van der Waals surface area contributed by atoms with Crippen molar-refractivity contribution in [3.05, 3.63) is 64.7 Å². The fourth-order valence-corrected chi connectivity index (χ4v) is 6.69. The van der Waals surface area contributed by atoms with Crippen molar-refractivity contribution in [2.45, 2.75) is 57.8 Å². The molecule has 0 bridgehead atoms. The molecule has 0 spiro atoms. The van der Waals surface area contributed by atoms with Crippen molar-refractivity contribution in [3.8, 4) is 5.75 Å². The normalized spacial score (nSPS) is 22.4. The molecule has 1 amide bonds. The molecule has 230 valence electrons. The van der Waals surface area contributed by atoms with E-state index < -0.39 is 23.7 Å². The summed E-state index contributed by atoms with van der Waals surface area (Å²) in [6, 6.07) is 3.84. The number of anilines is 1. The van der Waals surface area contributed by atoms with E-state index in [1.165, 1.54) is 23.5 Å². The van der Waals surface area contributed by atoms with E-state index in [1.807, 2.05) is 0 Å². The van der Waals surface area contributed by atoms with Crippen LogP contribution >= 0.6 is 11.6 Å². The molecular weight excluding hydrogens is 588 g/mol. The lowest BCUT2D eigenvalue weighted by Gasteiger charge is -2.34. The highest BCUT2D eigenvalue weighted by Crippen LogP contribution is 2.50. The summed E-state index contributed by atoms with van der Waals surface area (Å²) in [4.78, 5) is 29.2. The Morgan fingerprint density at radius 2 is 1.81 bits per heavy atom. The van der Waals surface area contributed by atoms with Crippen molar-refractivity contribution < 1.29 is 27.1 Å². The number of rotatable bonds is 8. The summed E-state index contributed by atoms with van der Waals surface area (Å²) in [6.07, 6.45) is 3.64. The van der Waals surface area contributed by atoms with Gasteiger partial charge in [-0.3, -0.25) is 4.79 Å². The number of ether oxygens (including phenoxy) is 1. The molecular formula is C30H33ClF4N6O2. The van der Waals surface area contributed by atoms with E-state index in [2.05, 4.69) is 19.9 Å². The largest absolute Gasteiger partial charge is 0.493 e. The van der Waals surface area contributed by atoms with Gasteiger partial charge in [-0.1, -0.05) is 17.7 Å². The van der Waals surface area contributed by atoms with Crippen LogP contribution in [0.15, 0.2) is 36.8 Å². The summed E-state index contributed by atoms with van der Waals surface area (Å²) < 4.78 is 61.6. The van der Waals surface area contributed by atoms with Crippen molar-refractivity contribution >= 4 is 23.5 Å². The van der Waals surface area contributed by atoms with Gasteiger partial charge in [0.15, 0.2) is 0 Å². The third-order valence-corrected chi connectivity index (χ3v) is 9.23. The van der Waals surface area contributed by atoms with E-state index in [-0.39, 0.29) is 36.8 Å².